The molecule has 6 nitrogen and oxygen atoms in total. The smallest absolute Gasteiger partial charge is 0.225 e. The number of aromatic nitrogens is 4. The second kappa shape index (κ2) is 8.27. The molecular weight excluding hydrogens is 429 g/mol. The van der Waals surface area contributed by atoms with Gasteiger partial charge in [0.2, 0.25) is 5.95 Å². The highest BCUT2D eigenvalue weighted by Crippen LogP contribution is 2.33. The summed E-state index contributed by atoms with van der Waals surface area (Å²) in [7, 11) is 0. The van der Waals surface area contributed by atoms with Gasteiger partial charge in [-0.25, -0.2) is 22.8 Å². The number of hydrogen-bond acceptors (Lipinski definition) is 5. The predicted octanol–water partition coefficient (Wildman–Crippen LogP) is 5.09. The van der Waals surface area contributed by atoms with Crippen LogP contribution < -0.4 is 11.1 Å². The van der Waals surface area contributed by atoms with Crippen molar-refractivity contribution >= 4 is 22.8 Å². The molecule has 0 amide bonds. The molecule has 0 fully saturated rings. The van der Waals surface area contributed by atoms with E-state index in [1.165, 1.54) is 12.1 Å². The van der Waals surface area contributed by atoms with Crippen molar-refractivity contribution in [2.45, 2.75) is 6.54 Å². The molecular formula is C24H17F3N6. The van der Waals surface area contributed by atoms with Crippen molar-refractivity contribution in [2.24, 2.45) is 0 Å². The summed E-state index contributed by atoms with van der Waals surface area (Å²) in [6, 6.07) is 18.4. The van der Waals surface area contributed by atoms with Crippen LogP contribution in [0.4, 0.5) is 24.9 Å². The molecule has 0 saturated heterocycles. The predicted molar refractivity (Wildman–Crippen MR) is 120 cm³/mol. The van der Waals surface area contributed by atoms with Crippen LogP contribution in [0.25, 0.3) is 28.0 Å². The van der Waals surface area contributed by atoms with Gasteiger partial charge in [-0.05, 0) is 29.8 Å². The van der Waals surface area contributed by atoms with Crippen LogP contribution in [0.1, 0.15) is 5.56 Å². The second-order valence-electron chi connectivity index (χ2n) is 7.34. The van der Waals surface area contributed by atoms with Crippen LogP contribution in [0.3, 0.4) is 0 Å². The van der Waals surface area contributed by atoms with Crippen molar-refractivity contribution in [2.75, 3.05) is 11.1 Å². The van der Waals surface area contributed by atoms with Gasteiger partial charge < -0.3 is 11.1 Å². The van der Waals surface area contributed by atoms with Crippen LogP contribution >= 0.6 is 0 Å². The minimum Gasteiger partial charge on any atom is -0.383 e. The molecule has 9 heteroatoms. The van der Waals surface area contributed by atoms with Gasteiger partial charge in [0.15, 0.2) is 5.65 Å². The minimum atomic E-state index is -0.710. The van der Waals surface area contributed by atoms with Gasteiger partial charge in [0.25, 0.3) is 0 Å². The van der Waals surface area contributed by atoms with Crippen LogP contribution in [-0.4, -0.2) is 19.7 Å². The summed E-state index contributed by atoms with van der Waals surface area (Å²) in [4.78, 5) is 8.96. The Morgan fingerprint density at radius 2 is 1.64 bits per heavy atom. The summed E-state index contributed by atoms with van der Waals surface area (Å²) in [5.41, 5.74) is 8.04. The molecule has 0 bridgehead atoms. The third-order valence-electron chi connectivity index (χ3n) is 5.10. The third-order valence-corrected chi connectivity index (χ3v) is 5.10. The first kappa shape index (κ1) is 20.5. The number of anilines is 2. The number of nitrogen functional groups attached to an aromatic ring is 1. The molecule has 0 aliphatic carbocycles. The maximum Gasteiger partial charge on any atom is 0.225 e. The van der Waals surface area contributed by atoms with Crippen molar-refractivity contribution in [1.82, 2.24) is 19.7 Å². The number of benzene rings is 3. The maximum atomic E-state index is 14.4. The summed E-state index contributed by atoms with van der Waals surface area (Å²) in [6.07, 6.45) is 0. The topological polar surface area (TPSA) is 81.7 Å². The van der Waals surface area contributed by atoms with Gasteiger partial charge in [0.1, 0.15) is 29.0 Å². The molecule has 2 heterocycles. The fourth-order valence-electron chi connectivity index (χ4n) is 3.54. The van der Waals surface area contributed by atoms with Crippen molar-refractivity contribution < 1.29 is 13.2 Å². The Morgan fingerprint density at radius 3 is 2.42 bits per heavy atom. The van der Waals surface area contributed by atoms with E-state index < -0.39 is 17.5 Å². The molecule has 0 saturated carbocycles. The number of hydrogen-bond donors (Lipinski definition) is 2. The average Bonchev–Trinajstić information content (AvgIpc) is 3.15. The molecule has 0 spiro atoms. The van der Waals surface area contributed by atoms with Crippen LogP contribution in [0.2, 0.25) is 0 Å². The standard InChI is InChI=1S/C24H17F3N6/c25-16-8-4-7-15(11-16)21-20-22(28)33(19-12-17(26)9-10-18(19)27)32-23(20)31-24(30-21)29-13-14-5-2-1-3-6-14/h1-12H,13,28H2,(H,29,31,32). The Hall–Kier alpha value is -4.40. The van der Waals surface area contributed by atoms with Gasteiger partial charge in [-0.2, -0.15) is 4.98 Å². The van der Waals surface area contributed by atoms with Crippen LogP contribution in [0.5, 0.6) is 0 Å². The van der Waals surface area contributed by atoms with Crippen LogP contribution in [0.15, 0.2) is 72.8 Å². The van der Waals surface area contributed by atoms with Crippen molar-refractivity contribution in [1.29, 1.82) is 0 Å². The van der Waals surface area contributed by atoms with E-state index in [9.17, 15) is 13.2 Å². The van der Waals surface area contributed by atoms with E-state index >= 15 is 0 Å². The van der Waals surface area contributed by atoms with E-state index in [1.807, 2.05) is 30.3 Å². The van der Waals surface area contributed by atoms with Gasteiger partial charge in [-0.1, -0.05) is 42.5 Å². The third kappa shape index (κ3) is 3.96. The minimum absolute atomic E-state index is 0.00312. The molecule has 0 atom stereocenters. The molecule has 5 rings (SSSR count). The van der Waals surface area contributed by atoms with Gasteiger partial charge in [-0.3, -0.25) is 0 Å². The Kier molecular flexibility index (Phi) is 5.14. The lowest BCUT2D eigenvalue weighted by Crippen LogP contribution is -2.05. The van der Waals surface area contributed by atoms with Gasteiger partial charge >= 0.3 is 0 Å². The van der Waals surface area contributed by atoms with Gasteiger partial charge in [0, 0.05) is 18.2 Å². The first-order chi connectivity index (χ1) is 16.0. The van der Waals surface area contributed by atoms with Crippen molar-refractivity contribution in [3.8, 4) is 16.9 Å². The maximum absolute atomic E-state index is 14.4. The van der Waals surface area contributed by atoms with E-state index in [0.29, 0.717) is 23.2 Å². The quantitative estimate of drug-likeness (QED) is 0.393. The normalized spacial score (nSPS) is 11.1. The SMILES string of the molecule is Nc1c2c(-c3cccc(F)c3)nc(NCc3ccccc3)nc2nn1-c1cc(F)ccc1F. The molecule has 0 radical (unpaired) electrons. The summed E-state index contributed by atoms with van der Waals surface area (Å²) in [5.74, 6) is -1.58. The van der Waals surface area contributed by atoms with E-state index in [0.717, 1.165) is 28.4 Å². The molecule has 3 aromatic carbocycles. The second-order valence-corrected chi connectivity index (χ2v) is 7.34. The van der Waals surface area contributed by atoms with Crippen LogP contribution in [-0.2, 0) is 6.54 Å². The van der Waals surface area contributed by atoms with E-state index in [-0.39, 0.29) is 23.1 Å². The average molecular weight is 446 g/mol. The molecule has 0 unspecified atom stereocenters. The zero-order valence-corrected chi connectivity index (χ0v) is 17.1. The number of fused-ring (bicyclic) bond motifs is 1. The highest BCUT2D eigenvalue weighted by molar-refractivity contribution is 5.99. The number of nitrogens with zero attached hydrogens (tertiary/aromatic N) is 4. The zero-order valence-electron chi connectivity index (χ0n) is 17.1. The molecule has 0 aliphatic rings. The Bertz CT molecular complexity index is 1470. The number of halogens is 3. The summed E-state index contributed by atoms with van der Waals surface area (Å²) >= 11 is 0. The molecule has 3 N–H and O–H groups in total. The largest absolute Gasteiger partial charge is 0.383 e. The number of nitrogens with two attached hydrogens (primary N) is 1. The Morgan fingerprint density at radius 1 is 0.848 bits per heavy atom. The van der Waals surface area contributed by atoms with E-state index in [4.69, 9.17) is 5.73 Å². The first-order valence-corrected chi connectivity index (χ1v) is 10.0. The fourth-order valence-corrected chi connectivity index (χ4v) is 3.54. The lowest BCUT2D eigenvalue weighted by Gasteiger charge is -2.09. The lowest BCUT2D eigenvalue weighted by molar-refractivity contribution is 0.588. The Balaban J connectivity index is 1.68. The molecule has 5 aromatic rings. The highest BCUT2D eigenvalue weighted by atomic mass is 19.1. The monoisotopic (exact) mass is 446 g/mol. The fraction of sp³-hybridized carbons (Fsp3) is 0.0417. The Labute approximate surface area is 186 Å². The summed E-state index contributed by atoms with van der Waals surface area (Å²) in [6.45, 7) is 0.434. The summed E-state index contributed by atoms with van der Waals surface area (Å²) < 4.78 is 43.3. The molecule has 2 aromatic heterocycles. The van der Waals surface area contributed by atoms with Crippen molar-refractivity contribution in [3.05, 3.63) is 95.8 Å². The van der Waals surface area contributed by atoms with Crippen molar-refractivity contribution in [3.63, 3.8) is 0 Å². The van der Waals surface area contributed by atoms with Crippen LogP contribution in [0, 0.1) is 17.5 Å². The zero-order chi connectivity index (χ0) is 22.9. The van der Waals surface area contributed by atoms with E-state index in [1.54, 1.807) is 12.1 Å². The van der Waals surface area contributed by atoms with E-state index in [2.05, 4.69) is 20.4 Å². The highest BCUT2D eigenvalue weighted by Gasteiger charge is 2.21. The number of rotatable bonds is 5. The molecule has 33 heavy (non-hydrogen) atoms. The lowest BCUT2D eigenvalue weighted by atomic mass is 10.1. The van der Waals surface area contributed by atoms with Gasteiger partial charge in [0.05, 0.1) is 11.1 Å². The molecule has 164 valence electrons. The summed E-state index contributed by atoms with van der Waals surface area (Å²) in [5, 5.41) is 7.74. The van der Waals surface area contributed by atoms with Gasteiger partial charge in [-0.15, -0.1) is 5.10 Å². The first-order valence-electron chi connectivity index (χ1n) is 10.0. The number of nitrogens with one attached hydrogen (secondary N) is 1. The molecule has 0 aliphatic heterocycles.